The van der Waals surface area contributed by atoms with E-state index in [1.54, 1.807) is 0 Å². The molecule has 0 saturated carbocycles. The largest absolute Gasteiger partial charge is 0.382 e. The average Bonchev–Trinajstić information content (AvgIpc) is 2.62. The number of aryl methyl sites for hydroxylation is 2. The molecule has 19 heavy (non-hydrogen) atoms. The summed E-state index contributed by atoms with van der Waals surface area (Å²) in [5.41, 5.74) is 12.6. The number of anilines is 2. The Morgan fingerprint density at radius 1 is 1.26 bits per heavy atom. The zero-order valence-electron chi connectivity index (χ0n) is 12.0. The minimum atomic E-state index is 0.253. The molecule has 0 aromatic carbocycles. The Bertz CT molecular complexity index is 671. The highest BCUT2D eigenvalue weighted by Gasteiger charge is 2.32. The van der Waals surface area contributed by atoms with Crippen molar-refractivity contribution in [2.24, 2.45) is 7.05 Å². The quantitative estimate of drug-likeness (QED) is 0.786. The van der Waals surface area contributed by atoms with Gasteiger partial charge in [0, 0.05) is 36.6 Å². The first-order valence-corrected chi connectivity index (χ1v) is 6.45. The molecule has 5 heteroatoms. The van der Waals surface area contributed by atoms with Gasteiger partial charge in [-0.15, -0.1) is 0 Å². The Morgan fingerprint density at radius 2 is 1.95 bits per heavy atom. The predicted molar refractivity (Wildman–Crippen MR) is 77.1 cm³/mol. The van der Waals surface area contributed by atoms with E-state index in [4.69, 9.17) is 5.73 Å². The number of fused-ring (bicyclic) bond motifs is 3. The van der Waals surface area contributed by atoms with Crippen molar-refractivity contribution in [3.05, 3.63) is 23.0 Å². The lowest BCUT2D eigenvalue weighted by molar-refractivity contribution is 0.712. The number of hydrogen-bond donors (Lipinski definition) is 1. The molecule has 1 aliphatic heterocycles. The average molecular weight is 257 g/mol. The molecule has 2 aromatic rings. The fraction of sp³-hybridized carbons (Fsp3) is 0.429. The van der Waals surface area contributed by atoms with Crippen molar-refractivity contribution < 1.29 is 0 Å². The van der Waals surface area contributed by atoms with Gasteiger partial charge >= 0.3 is 0 Å². The van der Waals surface area contributed by atoms with Crippen LogP contribution in [0.25, 0.3) is 11.3 Å². The van der Waals surface area contributed by atoms with Crippen LogP contribution in [-0.2, 0) is 7.05 Å². The number of aromatic nitrogens is 3. The van der Waals surface area contributed by atoms with Crippen LogP contribution in [0.5, 0.6) is 0 Å². The van der Waals surface area contributed by atoms with Gasteiger partial charge in [-0.05, 0) is 26.8 Å². The lowest BCUT2D eigenvalue weighted by Crippen LogP contribution is -2.27. The van der Waals surface area contributed by atoms with E-state index in [1.165, 1.54) is 11.3 Å². The van der Waals surface area contributed by atoms with Gasteiger partial charge in [0.25, 0.3) is 0 Å². The second-order valence-corrected chi connectivity index (χ2v) is 5.30. The minimum absolute atomic E-state index is 0.253. The van der Waals surface area contributed by atoms with E-state index in [9.17, 15) is 0 Å². The van der Waals surface area contributed by atoms with E-state index in [2.05, 4.69) is 41.9 Å². The van der Waals surface area contributed by atoms with Crippen LogP contribution in [0.15, 0.2) is 6.07 Å². The van der Waals surface area contributed by atoms with Gasteiger partial charge in [-0.2, -0.15) is 5.10 Å². The zero-order valence-corrected chi connectivity index (χ0v) is 12.0. The summed E-state index contributed by atoms with van der Waals surface area (Å²) in [6.45, 7) is 6.25. The Hall–Kier alpha value is -2.04. The molecular weight excluding hydrogens is 238 g/mol. The smallest absolute Gasteiger partial charge is 0.148 e. The van der Waals surface area contributed by atoms with Crippen molar-refractivity contribution in [3.63, 3.8) is 0 Å². The lowest BCUT2D eigenvalue weighted by Gasteiger charge is -2.34. The molecule has 0 spiro atoms. The number of pyridine rings is 1. The molecule has 1 aliphatic rings. The molecule has 0 fully saturated rings. The molecule has 1 atom stereocenters. The maximum atomic E-state index is 6.11. The van der Waals surface area contributed by atoms with Crippen LogP contribution in [0.1, 0.15) is 29.9 Å². The SMILES string of the molecule is Cc1cc2c(c(N)n1)N(C)C(C)c1c-2nn(C)c1C. The van der Waals surface area contributed by atoms with Gasteiger partial charge in [0.1, 0.15) is 11.5 Å². The Labute approximate surface area is 113 Å². The summed E-state index contributed by atoms with van der Waals surface area (Å²) in [5.74, 6) is 0.582. The maximum absolute atomic E-state index is 6.11. The molecule has 0 saturated heterocycles. The van der Waals surface area contributed by atoms with E-state index in [0.29, 0.717) is 5.82 Å². The highest BCUT2D eigenvalue weighted by molar-refractivity contribution is 5.88. The summed E-state index contributed by atoms with van der Waals surface area (Å²) in [7, 11) is 4.05. The van der Waals surface area contributed by atoms with Gasteiger partial charge in [-0.3, -0.25) is 4.68 Å². The molecule has 0 aliphatic carbocycles. The van der Waals surface area contributed by atoms with E-state index >= 15 is 0 Å². The number of hydrogen-bond acceptors (Lipinski definition) is 4. The highest BCUT2D eigenvalue weighted by atomic mass is 15.3. The second kappa shape index (κ2) is 3.73. The molecule has 2 N–H and O–H groups in total. The molecule has 0 amide bonds. The third kappa shape index (κ3) is 1.47. The third-order valence-electron chi connectivity index (χ3n) is 4.13. The summed E-state index contributed by atoms with van der Waals surface area (Å²) in [4.78, 5) is 6.56. The van der Waals surface area contributed by atoms with Crippen LogP contribution in [0.3, 0.4) is 0 Å². The normalized spacial score (nSPS) is 17.3. The van der Waals surface area contributed by atoms with Gasteiger partial charge in [0.05, 0.1) is 11.7 Å². The number of rotatable bonds is 0. The van der Waals surface area contributed by atoms with E-state index in [-0.39, 0.29) is 6.04 Å². The number of nitrogens with zero attached hydrogens (tertiary/aromatic N) is 4. The second-order valence-electron chi connectivity index (χ2n) is 5.30. The van der Waals surface area contributed by atoms with Crippen LogP contribution < -0.4 is 10.6 Å². The number of nitrogen functional groups attached to an aromatic ring is 1. The molecule has 1 unspecified atom stereocenters. The van der Waals surface area contributed by atoms with Gasteiger partial charge in [0.15, 0.2) is 0 Å². The third-order valence-corrected chi connectivity index (χ3v) is 4.13. The zero-order chi connectivity index (χ0) is 13.9. The van der Waals surface area contributed by atoms with Gasteiger partial charge in [0.2, 0.25) is 0 Å². The molecule has 5 nitrogen and oxygen atoms in total. The van der Waals surface area contributed by atoms with Crippen molar-refractivity contribution in [1.29, 1.82) is 0 Å². The van der Waals surface area contributed by atoms with Crippen molar-refractivity contribution >= 4 is 11.5 Å². The summed E-state index contributed by atoms with van der Waals surface area (Å²) >= 11 is 0. The summed E-state index contributed by atoms with van der Waals surface area (Å²) in [5, 5.41) is 4.67. The molecule has 100 valence electrons. The molecular formula is C14H19N5. The first-order valence-electron chi connectivity index (χ1n) is 6.45. The van der Waals surface area contributed by atoms with Crippen LogP contribution in [-0.4, -0.2) is 21.8 Å². The molecule has 0 radical (unpaired) electrons. The standard InChI is InChI=1S/C14H19N5/c1-7-6-10-12-11(9(3)19(5)17-12)8(2)18(4)13(10)14(15)16-7/h6,8H,1-5H3,(H2,15,16). The van der Waals surface area contributed by atoms with Gasteiger partial charge in [-0.25, -0.2) is 4.98 Å². The topological polar surface area (TPSA) is 60.0 Å². The van der Waals surface area contributed by atoms with Gasteiger partial charge < -0.3 is 10.6 Å². The van der Waals surface area contributed by atoms with Crippen molar-refractivity contribution in [1.82, 2.24) is 14.8 Å². The van der Waals surface area contributed by atoms with Crippen LogP contribution in [0.2, 0.25) is 0 Å². The van der Waals surface area contributed by atoms with Crippen molar-refractivity contribution in [3.8, 4) is 11.3 Å². The van der Waals surface area contributed by atoms with E-state index < -0.39 is 0 Å². The van der Waals surface area contributed by atoms with Crippen molar-refractivity contribution in [2.75, 3.05) is 17.7 Å². The molecule has 3 rings (SSSR count). The monoisotopic (exact) mass is 257 g/mol. The summed E-state index contributed by atoms with van der Waals surface area (Å²) in [6.07, 6.45) is 0. The molecule has 3 heterocycles. The first-order chi connectivity index (χ1) is 8.91. The lowest BCUT2D eigenvalue weighted by atomic mass is 9.93. The Morgan fingerprint density at radius 3 is 2.63 bits per heavy atom. The van der Waals surface area contributed by atoms with Crippen LogP contribution in [0, 0.1) is 13.8 Å². The van der Waals surface area contributed by atoms with E-state index in [1.807, 2.05) is 18.7 Å². The first kappa shape index (κ1) is 12.0. The van der Waals surface area contributed by atoms with Gasteiger partial charge in [-0.1, -0.05) is 0 Å². The Balaban J connectivity index is 2.40. The van der Waals surface area contributed by atoms with Crippen LogP contribution >= 0.6 is 0 Å². The van der Waals surface area contributed by atoms with Crippen molar-refractivity contribution in [2.45, 2.75) is 26.8 Å². The highest BCUT2D eigenvalue weighted by Crippen LogP contribution is 2.46. The fourth-order valence-electron chi connectivity index (χ4n) is 2.95. The summed E-state index contributed by atoms with van der Waals surface area (Å²) < 4.78 is 1.94. The predicted octanol–water partition coefficient (Wildman–Crippen LogP) is 2.19. The Kier molecular flexibility index (Phi) is 2.36. The van der Waals surface area contributed by atoms with Crippen LogP contribution in [0.4, 0.5) is 11.5 Å². The molecule has 2 aromatic heterocycles. The maximum Gasteiger partial charge on any atom is 0.148 e. The summed E-state index contributed by atoms with van der Waals surface area (Å²) in [6, 6.07) is 2.32. The van der Waals surface area contributed by atoms with E-state index in [0.717, 1.165) is 22.6 Å². The molecule has 0 bridgehead atoms. The minimum Gasteiger partial charge on any atom is -0.382 e. The fourth-order valence-corrected chi connectivity index (χ4v) is 2.95. The number of nitrogens with two attached hydrogens (primary N) is 1.